The van der Waals surface area contributed by atoms with Crippen molar-refractivity contribution in [3.05, 3.63) is 35.4 Å². The number of carbonyl (C=O) groups excluding carboxylic acids is 1. The first kappa shape index (κ1) is 13.9. The molecule has 4 heteroatoms. The summed E-state index contributed by atoms with van der Waals surface area (Å²) in [7, 11) is 0. The predicted molar refractivity (Wildman–Crippen MR) is 81.1 cm³/mol. The van der Waals surface area contributed by atoms with Crippen LogP contribution in [0.25, 0.3) is 0 Å². The lowest BCUT2D eigenvalue weighted by atomic mass is 10.1. The Morgan fingerprint density at radius 1 is 1.25 bits per heavy atom. The highest BCUT2D eigenvalue weighted by Crippen LogP contribution is 2.56. The van der Waals surface area contributed by atoms with E-state index in [-0.39, 0.29) is 18.3 Å². The Balaban J connectivity index is 0.00000121. The molecule has 3 nitrogen and oxygen atoms in total. The Morgan fingerprint density at radius 3 is 2.85 bits per heavy atom. The monoisotopic (exact) mass is 292 g/mol. The van der Waals surface area contributed by atoms with Crippen molar-refractivity contribution in [3.8, 4) is 0 Å². The van der Waals surface area contributed by atoms with E-state index in [1.807, 2.05) is 0 Å². The van der Waals surface area contributed by atoms with Crippen molar-refractivity contribution >= 4 is 18.3 Å². The Labute approximate surface area is 125 Å². The molecule has 1 aromatic rings. The molecule has 0 saturated heterocycles. The molecule has 0 radical (unpaired) electrons. The standard InChI is InChI=1S/C16H20N2O.ClH/c19-14(9-17-8-10-5-6-10)18-16-13-7-11-3-1-2-4-12(11)15(13)16;/h1-4,10,13,15-17H,5-9H2,(H,18,19);1H. The summed E-state index contributed by atoms with van der Waals surface area (Å²) in [6.45, 7) is 1.49. The SMILES string of the molecule is Cl.O=C(CNCC1CC1)NC1C2Cc3ccccc3C21. The number of benzene rings is 1. The Morgan fingerprint density at radius 2 is 2.05 bits per heavy atom. The summed E-state index contributed by atoms with van der Waals surface area (Å²) in [5.41, 5.74) is 2.94. The highest BCUT2D eigenvalue weighted by molar-refractivity contribution is 5.85. The zero-order valence-electron chi connectivity index (χ0n) is 11.5. The Bertz CT molecular complexity index is 515. The smallest absolute Gasteiger partial charge is 0.234 e. The summed E-state index contributed by atoms with van der Waals surface area (Å²) in [6.07, 6.45) is 3.80. The summed E-state index contributed by atoms with van der Waals surface area (Å²) < 4.78 is 0. The van der Waals surface area contributed by atoms with Gasteiger partial charge in [0, 0.05) is 12.0 Å². The Hall–Kier alpha value is -1.06. The van der Waals surface area contributed by atoms with E-state index in [9.17, 15) is 4.79 Å². The maximum absolute atomic E-state index is 11.9. The summed E-state index contributed by atoms with van der Waals surface area (Å²) in [5.74, 6) is 2.24. The topological polar surface area (TPSA) is 41.1 Å². The van der Waals surface area contributed by atoms with Crippen LogP contribution in [0, 0.1) is 11.8 Å². The molecule has 3 aliphatic carbocycles. The molecule has 0 spiro atoms. The number of rotatable bonds is 5. The molecule has 0 aromatic heterocycles. The fraction of sp³-hybridized carbons (Fsp3) is 0.562. The van der Waals surface area contributed by atoms with Crippen LogP contribution in [0.1, 0.15) is 29.9 Å². The largest absolute Gasteiger partial charge is 0.351 e. The normalized spacial score (nSPS) is 29.1. The van der Waals surface area contributed by atoms with Gasteiger partial charge in [0.2, 0.25) is 5.91 Å². The van der Waals surface area contributed by atoms with E-state index in [1.165, 1.54) is 24.0 Å². The first-order chi connectivity index (χ1) is 9.33. The van der Waals surface area contributed by atoms with Crippen molar-refractivity contribution < 1.29 is 4.79 Å². The van der Waals surface area contributed by atoms with E-state index in [1.54, 1.807) is 0 Å². The first-order valence-electron chi connectivity index (χ1n) is 7.41. The van der Waals surface area contributed by atoms with Crippen LogP contribution in [-0.4, -0.2) is 25.0 Å². The van der Waals surface area contributed by atoms with E-state index < -0.39 is 0 Å². The maximum atomic E-state index is 11.9. The minimum atomic E-state index is 0. The minimum Gasteiger partial charge on any atom is -0.351 e. The van der Waals surface area contributed by atoms with E-state index in [0.717, 1.165) is 18.9 Å². The second-order valence-electron chi connectivity index (χ2n) is 6.26. The number of amides is 1. The second-order valence-corrected chi connectivity index (χ2v) is 6.26. The number of halogens is 1. The van der Waals surface area contributed by atoms with Gasteiger partial charge in [-0.3, -0.25) is 4.79 Å². The molecule has 3 aliphatic rings. The van der Waals surface area contributed by atoms with Crippen LogP contribution < -0.4 is 10.6 Å². The van der Waals surface area contributed by atoms with Crippen LogP contribution in [0.2, 0.25) is 0 Å². The molecule has 3 unspecified atom stereocenters. The number of nitrogens with one attached hydrogen (secondary N) is 2. The molecule has 2 saturated carbocycles. The van der Waals surface area contributed by atoms with Gasteiger partial charge in [0.1, 0.15) is 0 Å². The highest BCUT2D eigenvalue weighted by atomic mass is 35.5. The number of hydrogen-bond donors (Lipinski definition) is 2. The van der Waals surface area contributed by atoms with Crippen molar-refractivity contribution in [2.24, 2.45) is 11.8 Å². The third-order valence-electron chi connectivity index (χ3n) is 4.78. The van der Waals surface area contributed by atoms with Gasteiger partial charge in [-0.05, 0) is 48.8 Å². The predicted octanol–water partition coefficient (Wildman–Crippen LogP) is 1.86. The van der Waals surface area contributed by atoms with Crippen LogP contribution in [-0.2, 0) is 11.2 Å². The van der Waals surface area contributed by atoms with Gasteiger partial charge >= 0.3 is 0 Å². The average Bonchev–Trinajstić information content (AvgIpc) is 3.30. The van der Waals surface area contributed by atoms with Crippen LogP contribution in [0.3, 0.4) is 0 Å². The van der Waals surface area contributed by atoms with Gasteiger partial charge in [-0.25, -0.2) is 0 Å². The quantitative estimate of drug-likeness (QED) is 0.870. The van der Waals surface area contributed by atoms with Crippen molar-refractivity contribution in [2.75, 3.05) is 13.1 Å². The number of fused-ring (bicyclic) bond motifs is 3. The fourth-order valence-corrected chi connectivity index (χ4v) is 3.50. The third kappa shape index (κ3) is 2.57. The minimum absolute atomic E-state index is 0. The van der Waals surface area contributed by atoms with Crippen LogP contribution in [0.15, 0.2) is 24.3 Å². The lowest BCUT2D eigenvalue weighted by molar-refractivity contribution is -0.120. The fourth-order valence-electron chi connectivity index (χ4n) is 3.50. The van der Waals surface area contributed by atoms with Crippen molar-refractivity contribution in [1.82, 2.24) is 10.6 Å². The molecule has 0 aliphatic heterocycles. The zero-order chi connectivity index (χ0) is 12.8. The lowest BCUT2D eigenvalue weighted by Crippen LogP contribution is -2.37. The lowest BCUT2D eigenvalue weighted by Gasteiger charge is -2.10. The van der Waals surface area contributed by atoms with Crippen molar-refractivity contribution in [2.45, 2.75) is 31.2 Å². The molecule has 4 rings (SSSR count). The summed E-state index contributed by atoms with van der Waals surface area (Å²) in [5, 5.41) is 6.44. The van der Waals surface area contributed by atoms with E-state index in [2.05, 4.69) is 34.9 Å². The van der Waals surface area contributed by atoms with Gasteiger partial charge in [0.25, 0.3) is 0 Å². The van der Waals surface area contributed by atoms with Gasteiger partial charge in [-0.1, -0.05) is 24.3 Å². The molecular formula is C16H21ClN2O. The highest BCUT2D eigenvalue weighted by Gasteiger charge is 2.56. The molecule has 20 heavy (non-hydrogen) atoms. The molecule has 1 amide bonds. The molecule has 2 fully saturated rings. The van der Waals surface area contributed by atoms with Crippen LogP contribution in [0.5, 0.6) is 0 Å². The van der Waals surface area contributed by atoms with Gasteiger partial charge < -0.3 is 10.6 Å². The molecule has 2 N–H and O–H groups in total. The molecule has 3 atom stereocenters. The summed E-state index contributed by atoms with van der Waals surface area (Å²) in [4.78, 5) is 11.9. The van der Waals surface area contributed by atoms with E-state index in [4.69, 9.17) is 0 Å². The van der Waals surface area contributed by atoms with Gasteiger partial charge in [0.15, 0.2) is 0 Å². The van der Waals surface area contributed by atoms with E-state index >= 15 is 0 Å². The van der Waals surface area contributed by atoms with Gasteiger partial charge in [-0.2, -0.15) is 0 Å². The third-order valence-corrected chi connectivity index (χ3v) is 4.78. The van der Waals surface area contributed by atoms with Crippen molar-refractivity contribution in [3.63, 3.8) is 0 Å². The average molecular weight is 293 g/mol. The number of carbonyl (C=O) groups is 1. The molecule has 1 aromatic carbocycles. The molecule has 0 heterocycles. The summed E-state index contributed by atoms with van der Waals surface area (Å²) >= 11 is 0. The van der Waals surface area contributed by atoms with Gasteiger partial charge in [0.05, 0.1) is 6.54 Å². The van der Waals surface area contributed by atoms with Crippen LogP contribution in [0.4, 0.5) is 0 Å². The van der Waals surface area contributed by atoms with Gasteiger partial charge in [-0.15, -0.1) is 12.4 Å². The van der Waals surface area contributed by atoms with Crippen LogP contribution >= 0.6 is 12.4 Å². The van der Waals surface area contributed by atoms with E-state index in [0.29, 0.717) is 24.4 Å². The first-order valence-corrected chi connectivity index (χ1v) is 7.41. The van der Waals surface area contributed by atoms with Crippen molar-refractivity contribution in [1.29, 1.82) is 0 Å². The Kier molecular flexibility index (Phi) is 3.74. The summed E-state index contributed by atoms with van der Waals surface area (Å²) in [6, 6.07) is 9.05. The molecular weight excluding hydrogens is 272 g/mol. The maximum Gasteiger partial charge on any atom is 0.234 e. The molecule has 108 valence electrons. The second kappa shape index (κ2) is 5.38. The number of hydrogen-bond acceptors (Lipinski definition) is 2. The zero-order valence-corrected chi connectivity index (χ0v) is 12.3. The molecule has 0 bridgehead atoms.